The highest BCUT2D eigenvalue weighted by molar-refractivity contribution is 5.83. The van der Waals surface area contributed by atoms with Gasteiger partial charge in [-0.1, -0.05) is 0 Å². The lowest BCUT2D eigenvalue weighted by molar-refractivity contribution is -0.131. The maximum Gasteiger partial charge on any atom is 0.257 e. The zero-order valence-corrected chi connectivity index (χ0v) is 11.3. The first kappa shape index (κ1) is 12.6. The lowest BCUT2D eigenvalue weighted by Crippen LogP contribution is -2.38. The molecule has 2 aliphatic carbocycles. The van der Waals surface area contributed by atoms with Crippen LogP contribution in [0.2, 0.25) is 0 Å². The Bertz CT molecular complexity index is 497. The van der Waals surface area contributed by atoms with E-state index in [0.29, 0.717) is 12.0 Å². The highest BCUT2D eigenvalue weighted by atomic mass is 19.1. The number of halogens is 1. The number of alkyl halides is 1. The SMILES string of the molecule is CC(C)(F)C(=O)NCc1nnc(C2CC2)n1C1CC1. The Kier molecular flexibility index (Phi) is 2.83. The summed E-state index contributed by atoms with van der Waals surface area (Å²) in [6, 6.07) is 0.482. The van der Waals surface area contributed by atoms with Gasteiger partial charge in [0.15, 0.2) is 11.5 Å². The van der Waals surface area contributed by atoms with Crippen molar-refractivity contribution in [1.29, 1.82) is 0 Å². The summed E-state index contributed by atoms with van der Waals surface area (Å²) in [6.45, 7) is 2.76. The van der Waals surface area contributed by atoms with E-state index in [1.807, 2.05) is 0 Å². The summed E-state index contributed by atoms with van der Waals surface area (Å²) in [7, 11) is 0. The first-order valence-electron chi connectivity index (χ1n) is 6.87. The van der Waals surface area contributed by atoms with E-state index in [1.165, 1.54) is 26.7 Å². The first-order chi connectivity index (χ1) is 8.97. The number of nitrogens with one attached hydrogen (secondary N) is 1. The van der Waals surface area contributed by atoms with E-state index in [4.69, 9.17) is 0 Å². The minimum absolute atomic E-state index is 0.252. The highest BCUT2D eigenvalue weighted by Crippen LogP contribution is 2.44. The molecule has 1 heterocycles. The van der Waals surface area contributed by atoms with Crippen molar-refractivity contribution in [2.45, 2.75) is 63.7 Å². The molecule has 1 N–H and O–H groups in total. The molecule has 104 valence electrons. The summed E-state index contributed by atoms with van der Waals surface area (Å²) < 4.78 is 15.6. The molecule has 0 unspecified atom stereocenters. The molecule has 1 aromatic heterocycles. The fourth-order valence-corrected chi connectivity index (χ4v) is 2.18. The fourth-order valence-electron chi connectivity index (χ4n) is 2.18. The molecule has 1 amide bonds. The van der Waals surface area contributed by atoms with Crippen molar-refractivity contribution in [3.05, 3.63) is 11.6 Å². The molecule has 0 saturated heterocycles. The van der Waals surface area contributed by atoms with Gasteiger partial charge < -0.3 is 9.88 Å². The molecule has 0 aliphatic heterocycles. The topological polar surface area (TPSA) is 59.8 Å². The van der Waals surface area contributed by atoms with Gasteiger partial charge in [0, 0.05) is 12.0 Å². The molecule has 0 bridgehead atoms. The number of carbonyl (C=O) groups is 1. The second-order valence-electron chi connectivity index (χ2n) is 6.01. The van der Waals surface area contributed by atoms with E-state index in [-0.39, 0.29) is 6.54 Å². The van der Waals surface area contributed by atoms with Crippen LogP contribution < -0.4 is 5.32 Å². The van der Waals surface area contributed by atoms with Crippen LogP contribution in [0.1, 0.15) is 63.1 Å². The summed E-state index contributed by atoms with van der Waals surface area (Å²) in [4.78, 5) is 11.5. The van der Waals surface area contributed by atoms with Gasteiger partial charge in [0.25, 0.3) is 5.91 Å². The molecule has 0 spiro atoms. The third kappa shape index (κ3) is 2.62. The van der Waals surface area contributed by atoms with Crippen LogP contribution in [0, 0.1) is 0 Å². The second kappa shape index (κ2) is 4.28. The lowest BCUT2D eigenvalue weighted by Gasteiger charge is -2.14. The Labute approximate surface area is 111 Å². The first-order valence-corrected chi connectivity index (χ1v) is 6.87. The third-order valence-corrected chi connectivity index (χ3v) is 3.59. The van der Waals surface area contributed by atoms with E-state index in [9.17, 15) is 9.18 Å². The van der Waals surface area contributed by atoms with E-state index >= 15 is 0 Å². The highest BCUT2D eigenvalue weighted by Gasteiger charge is 2.36. The molecule has 5 nitrogen and oxygen atoms in total. The van der Waals surface area contributed by atoms with E-state index in [2.05, 4.69) is 20.1 Å². The summed E-state index contributed by atoms with van der Waals surface area (Å²) in [5.74, 6) is 1.73. The zero-order valence-electron chi connectivity index (χ0n) is 11.3. The van der Waals surface area contributed by atoms with Crippen LogP contribution in [0.15, 0.2) is 0 Å². The summed E-state index contributed by atoms with van der Waals surface area (Å²) >= 11 is 0. The van der Waals surface area contributed by atoms with Gasteiger partial charge in [-0.05, 0) is 39.5 Å². The van der Waals surface area contributed by atoms with Crippen molar-refractivity contribution in [1.82, 2.24) is 20.1 Å². The smallest absolute Gasteiger partial charge is 0.257 e. The van der Waals surface area contributed by atoms with E-state index in [0.717, 1.165) is 24.5 Å². The van der Waals surface area contributed by atoms with Crippen molar-refractivity contribution in [2.24, 2.45) is 0 Å². The standard InChI is InChI=1S/C13H19FN4O/c1-13(2,14)12(19)15-7-10-16-17-11(8-3-4-8)18(10)9-5-6-9/h8-9H,3-7H2,1-2H3,(H,15,19). The Morgan fingerprint density at radius 2 is 2.05 bits per heavy atom. The molecule has 6 heteroatoms. The molecule has 2 saturated carbocycles. The van der Waals surface area contributed by atoms with Crippen molar-refractivity contribution >= 4 is 5.91 Å². The molecule has 2 fully saturated rings. The number of hydrogen-bond acceptors (Lipinski definition) is 3. The number of nitrogens with zero attached hydrogens (tertiary/aromatic N) is 3. The number of hydrogen-bond donors (Lipinski definition) is 1. The maximum absolute atomic E-state index is 13.4. The van der Waals surface area contributed by atoms with Crippen LogP contribution in [0.3, 0.4) is 0 Å². The monoisotopic (exact) mass is 266 g/mol. The average molecular weight is 266 g/mol. The van der Waals surface area contributed by atoms with Crippen molar-refractivity contribution in [3.63, 3.8) is 0 Å². The molecular weight excluding hydrogens is 247 g/mol. The molecular formula is C13H19FN4O. The fraction of sp³-hybridized carbons (Fsp3) is 0.769. The molecule has 19 heavy (non-hydrogen) atoms. The molecule has 0 radical (unpaired) electrons. The van der Waals surface area contributed by atoms with Gasteiger partial charge >= 0.3 is 0 Å². The zero-order chi connectivity index (χ0) is 13.6. The molecule has 2 aliphatic rings. The maximum atomic E-state index is 13.4. The largest absolute Gasteiger partial charge is 0.346 e. The van der Waals surface area contributed by atoms with Crippen LogP contribution in [-0.4, -0.2) is 26.3 Å². The Balaban J connectivity index is 1.72. The van der Waals surface area contributed by atoms with Crippen LogP contribution >= 0.6 is 0 Å². The van der Waals surface area contributed by atoms with Gasteiger partial charge in [0.05, 0.1) is 6.54 Å². The second-order valence-corrected chi connectivity index (χ2v) is 6.01. The van der Waals surface area contributed by atoms with Crippen LogP contribution in [0.5, 0.6) is 0 Å². The van der Waals surface area contributed by atoms with Gasteiger partial charge in [-0.3, -0.25) is 4.79 Å². The van der Waals surface area contributed by atoms with Gasteiger partial charge in [-0.15, -0.1) is 10.2 Å². The molecule has 0 aromatic carbocycles. The van der Waals surface area contributed by atoms with Crippen molar-refractivity contribution in [3.8, 4) is 0 Å². The minimum Gasteiger partial charge on any atom is -0.346 e. The normalized spacial score (nSPS) is 19.5. The lowest BCUT2D eigenvalue weighted by atomic mass is 10.1. The minimum atomic E-state index is -1.86. The van der Waals surface area contributed by atoms with Crippen LogP contribution in [0.25, 0.3) is 0 Å². The number of aromatic nitrogens is 3. The predicted molar refractivity (Wildman–Crippen MR) is 67.3 cm³/mol. The van der Waals surface area contributed by atoms with Gasteiger partial charge in [-0.25, -0.2) is 4.39 Å². The summed E-state index contributed by atoms with van der Waals surface area (Å²) in [6.07, 6.45) is 4.64. The summed E-state index contributed by atoms with van der Waals surface area (Å²) in [5.41, 5.74) is -1.86. The quantitative estimate of drug-likeness (QED) is 0.884. The molecule has 3 rings (SSSR count). The number of rotatable bonds is 5. The van der Waals surface area contributed by atoms with Gasteiger partial charge in [0.1, 0.15) is 5.82 Å². The summed E-state index contributed by atoms with van der Waals surface area (Å²) in [5, 5.41) is 11.0. The molecule has 1 aromatic rings. The average Bonchev–Trinajstić information content (AvgIpc) is 3.23. The predicted octanol–water partition coefficient (Wildman–Crippen LogP) is 1.85. The van der Waals surface area contributed by atoms with Crippen molar-refractivity contribution in [2.75, 3.05) is 0 Å². The number of amides is 1. The Morgan fingerprint density at radius 1 is 1.37 bits per heavy atom. The third-order valence-electron chi connectivity index (χ3n) is 3.59. The van der Waals surface area contributed by atoms with Crippen molar-refractivity contribution < 1.29 is 9.18 Å². The van der Waals surface area contributed by atoms with E-state index < -0.39 is 11.6 Å². The Morgan fingerprint density at radius 3 is 2.58 bits per heavy atom. The van der Waals surface area contributed by atoms with E-state index in [1.54, 1.807) is 0 Å². The van der Waals surface area contributed by atoms with Gasteiger partial charge in [-0.2, -0.15) is 0 Å². The number of carbonyl (C=O) groups excluding carboxylic acids is 1. The Hall–Kier alpha value is -1.46. The van der Waals surface area contributed by atoms with Gasteiger partial charge in [0.2, 0.25) is 0 Å². The van der Waals surface area contributed by atoms with Crippen LogP contribution in [0.4, 0.5) is 4.39 Å². The molecule has 0 atom stereocenters. The van der Waals surface area contributed by atoms with Crippen LogP contribution in [-0.2, 0) is 11.3 Å².